The van der Waals surface area contributed by atoms with Crippen molar-refractivity contribution < 1.29 is 0 Å². The van der Waals surface area contributed by atoms with E-state index in [4.69, 9.17) is 0 Å². The van der Waals surface area contributed by atoms with E-state index in [1.54, 1.807) is 0 Å². The molecule has 8 aromatic rings. The molecule has 0 spiro atoms. The number of rotatable bonds is 3. The molecule has 10 rings (SSSR count). The molecule has 2 aliphatic rings. The molecular formula is C42H27BN2. The molecule has 45 heavy (non-hydrogen) atoms. The molecule has 0 aliphatic carbocycles. The maximum Gasteiger partial charge on any atom is 0.252 e. The summed E-state index contributed by atoms with van der Waals surface area (Å²) in [6.45, 7) is 0.0709. The molecule has 2 nitrogen and oxygen atoms in total. The number of anilines is 2. The first-order valence-electron chi connectivity index (χ1n) is 15.7. The maximum atomic E-state index is 4.08. The lowest BCUT2D eigenvalue weighted by Crippen LogP contribution is -2.59. The number of nitrogens with zero attached hydrogens (tertiary/aromatic N) is 1. The van der Waals surface area contributed by atoms with Crippen molar-refractivity contribution in [2.45, 2.75) is 0 Å². The van der Waals surface area contributed by atoms with Crippen LogP contribution in [0.15, 0.2) is 158 Å². The smallest absolute Gasteiger partial charge is 0.252 e. The lowest BCUT2D eigenvalue weighted by molar-refractivity contribution is 1.19. The predicted molar refractivity (Wildman–Crippen MR) is 191 cm³/mol. The van der Waals surface area contributed by atoms with Gasteiger partial charge in [-0.05, 0) is 45.2 Å². The molecule has 1 aromatic heterocycles. The van der Waals surface area contributed by atoms with Crippen LogP contribution >= 0.6 is 0 Å². The quantitative estimate of drug-likeness (QED) is 0.210. The summed E-state index contributed by atoms with van der Waals surface area (Å²) in [6, 6.07) is 57.6. The second kappa shape index (κ2) is 9.35. The molecule has 7 aromatic carbocycles. The number of para-hydroxylation sites is 3. The highest BCUT2D eigenvalue weighted by molar-refractivity contribution is 7.00. The van der Waals surface area contributed by atoms with Crippen LogP contribution in [0.4, 0.5) is 11.4 Å². The topological polar surface area (TPSA) is 17.0 Å². The summed E-state index contributed by atoms with van der Waals surface area (Å²) < 4.78 is 2.56. The minimum absolute atomic E-state index is 0.0709. The number of hydrogen-bond acceptors (Lipinski definition) is 1. The van der Waals surface area contributed by atoms with E-state index in [-0.39, 0.29) is 6.71 Å². The first-order chi connectivity index (χ1) is 22.4. The Morgan fingerprint density at radius 3 is 1.76 bits per heavy atom. The Morgan fingerprint density at radius 1 is 0.444 bits per heavy atom. The molecule has 0 fully saturated rings. The van der Waals surface area contributed by atoms with E-state index in [1.165, 1.54) is 88.6 Å². The molecule has 0 radical (unpaired) electrons. The molecule has 0 atom stereocenters. The minimum Gasteiger partial charge on any atom is -0.355 e. The Hall–Kier alpha value is -5.80. The summed E-state index contributed by atoms with van der Waals surface area (Å²) in [5.74, 6) is 0. The Kier molecular flexibility index (Phi) is 5.12. The van der Waals surface area contributed by atoms with Gasteiger partial charge in [0, 0.05) is 44.4 Å². The fourth-order valence-corrected chi connectivity index (χ4v) is 7.96. The van der Waals surface area contributed by atoms with Gasteiger partial charge in [0.1, 0.15) is 0 Å². The van der Waals surface area contributed by atoms with Crippen LogP contribution in [0, 0.1) is 0 Å². The third-order valence-corrected chi connectivity index (χ3v) is 9.80. The van der Waals surface area contributed by atoms with Crippen LogP contribution in [-0.4, -0.2) is 11.3 Å². The third-order valence-electron chi connectivity index (χ3n) is 9.80. The lowest BCUT2D eigenvalue weighted by atomic mass is 9.33. The van der Waals surface area contributed by atoms with Crippen LogP contribution in [-0.2, 0) is 0 Å². The van der Waals surface area contributed by atoms with Crippen LogP contribution in [0.3, 0.4) is 0 Å². The van der Waals surface area contributed by atoms with Gasteiger partial charge >= 0.3 is 0 Å². The Labute approximate surface area is 262 Å². The highest BCUT2D eigenvalue weighted by atomic mass is 15.0. The monoisotopic (exact) mass is 570 g/mol. The molecule has 3 heterocycles. The van der Waals surface area contributed by atoms with E-state index in [0.29, 0.717) is 0 Å². The summed E-state index contributed by atoms with van der Waals surface area (Å²) in [6.07, 6.45) is 0. The highest BCUT2D eigenvalue weighted by Gasteiger charge is 2.42. The van der Waals surface area contributed by atoms with Gasteiger partial charge in [-0.2, -0.15) is 0 Å². The van der Waals surface area contributed by atoms with Crippen LogP contribution in [0.2, 0.25) is 0 Å². The number of benzene rings is 7. The highest BCUT2D eigenvalue weighted by Crippen LogP contribution is 2.45. The van der Waals surface area contributed by atoms with Crippen molar-refractivity contribution in [2.75, 3.05) is 5.32 Å². The van der Waals surface area contributed by atoms with Gasteiger partial charge in [-0.15, -0.1) is 0 Å². The van der Waals surface area contributed by atoms with Crippen LogP contribution in [0.25, 0.3) is 60.9 Å². The zero-order valence-corrected chi connectivity index (χ0v) is 24.5. The number of nitrogens with one attached hydrogen (secondary N) is 1. The molecule has 3 heteroatoms. The Morgan fingerprint density at radius 2 is 1.02 bits per heavy atom. The second-order valence-corrected chi connectivity index (χ2v) is 12.1. The normalized spacial score (nSPS) is 12.6. The van der Waals surface area contributed by atoms with E-state index in [1.807, 2.05) is 0 Å². The Bertz CT molecular complexity index is 2440. The van der Waals surface area contributed by atoms with Gasteiger partial charge in [0.15, 0.2) is 0 Å². The van der Waals surface area contributed by atoms with Gasteiger partial charge in [-0.25, -0.2) is 0 Å². The summed E-state index contributed by atoms with van der Waals surface area (Å²) >= 11 is 0. The van der Waals surface area contributed by atoms with Crippen LogP contribution < -0.4 is 21.7 Å². The summed E-state index contributed by atoms with van der Waals surface area (Å²) in [5, 5.41) is 6.68. The molecule has 0 unspecified atom stereocenters. The van der Waals surface area contributed by atoms with Crippen molar-refractivity contribution in [3.05, 3.63) is 158 Å². The largest absolute Gasteiger partial charge is 0.355 e. The van der Waals surface area contributed by atoms with Gasteiger partial charge in [0.2, 0.25) is 0 Å². The van der Waals surface area contributed by atoms with E-state index < -0.39 is 0 Å². The molecule has 0 saturated heterocycles. The standard InChI is InChI=1S/C42H27BN2/c1-4-14-27(15-5-1)30-21-12-23-35-39(30)44-40-33(28-16-6-2-7-17-28)26-34(29-18-8-3-9-19-29)42-38(40)43(35)36-24-13-22-32-31-20-10-11-25-37(31)45(42)41(32)36/h1-26,44H. The Balaban J connectivity index is 1.42. The molecule has 0 amide bonds. The molecule has 1 N–H and O–H groups in total. The van der Waals surface area contributed by atoms with Crippen molar-refractivity contribution in [2.24, 2.45) is 0 Å². The summed E-state index contributed by atoms with van der Waals surface area (Å²) in [5.41, 5.74) is 17.6. The van der Waals surface area contributed by atoms with E-state index in [0.717, 1.165) is 0 Å². The number of fused-ring (bicyclic) bond motifs is 7. The molecule has 0 saturated carbocycles. The third kappa shape index (κ3) is 3.41. The van der Waals surface area contributed by atoms with E-state index in [9.17, 15) is 0 Å². The SMILES string of the molecule is c1ccc(-c2cccc3c2Nc2c(-c4ccccc4)cc(-c4ccccc4)c4c2B3c2cccc3c5ccccc5n-4c23)cc1. The van der Waals surface area contributed by atoms with Gasteiger partial charge in [0.25, 0.3) is 6.71 Å². The minimum atomic E-state index is 0.0709. The van der Waals surface area contributed by atoms with Crippen molar-refractivity contribution in [1.29, 1.82) is 0 Å². The summed E-state index contributed by atoms with van der Waals surface area (Å²) in [4.78, 5) is 0. The van der Waals surface area contributed by atoms with Crippen molar-refractivity contribution in [1.82, 2.24) is 4.57 Å². The molecule has 208 valence electrons. The lowest BCUT2D eigenvalue weighted by Gasteiger charge is -2.37. The fraction of sp³-hybridized carbons (Fsp3) is 0. The average molecular weight is 571 g/mol. The maximum absolute atomic E-state index is 4.08. The second-order valence-electron chi connectivity index (χ2n) is 12.1. The first kappa shape index (κ1) is 24.6. The number of aromatic nitrogens is 1. The average Bonchev–Trinajstić information content (AvgIpc) is 3.45. The van der Waals surface area contributed by atoms with Gasteiger partial charge in [0.05, 0.1) is 11.2 Å². The van der Waals surface area contributed by atoms with Gasteiger partial charge < -0.3 is 9.88 Å². The van der Waals surface area contributed by atoms with E-state index >= 15 is 0 Å². The molecule has 2 aliphatic heterocycles. The zero-order chi connectivity index (χ0) is 29.5. The predicted octanol–water partition coefficient (Wildman–Crippen LogP) is 8.67. The van der Waals surface area contributed by atoms with Gasteiger partial charge in [-0.3, -0.25) is 0 Å². The van der Waals surface area contributed by atoms with Crippen LogP contribution in [0.1, 0.15) is 0 Å². The molecule has 0 bridgehead atoms. The van der Waals surface area contributed by atoms with Crippen molar-refractivity contribution in [3.63, 3.8) is 0 Å². The number of hydrogen-bond donors (Lipinski definition) is 1. The van der Waals surface area contributed by atoms with Crippen LogP contribution in [0.5, 0.6) is 0 Å². The molecular weight excluding hydrogens is 543 g/mol. The van der Waals surface area contributed by atoms with Crippen molar-refractivity contribution >= 4 is 56.3 Å². The van der Waals surface area contributed by atoms with Crippen molar-refractivity contribution in [3.8, 4) is 39.1 Å². The first-order valence-corrected chi connectivity index (χ1v) is 15.7. The van der Waals surface area contributed by atoms with E-state index in [2.05, 4.69) is 168 Å². The van der Waals surface area contributed by atoms with Gasteiger partial charge in [-0.1, -0.05) is 146 Å². The summed E-state index contributed by atoms with van der Waals surface area (Å²) in [7, 11) is 0. The fourth-order valence-electron chi connectivity index (χ4n) is 7.96. The zero-order valence-electron chi connectivity index (χ0n) is 24.5.